The van der Waals surface area contributed by atoms with Crippen molar-refractivity contribution in [3.8, 4) is 11.5 Å². The fraction of sp³-hybridized carbons (Fsp3) is 0.200. The summed E-state index contributed by atoms with van der Waals surface area (Å²) in [6.45, 7) is 0.195. The zero-order chi connectivity index (χ0) is 18.6. The predicted molar refractivity (Wildman–Crippen MR) is 91.3 cm³/mol. The van der Waals surface area contributed by atoms with Crippen molar-refractivity contribution in [2.24, 2.45) is 5.14 Å². The summed E-state index contributed by atoms with van der Waals surface area (Å²) in [6, 6.07) is 8.58. The first-order valence-corrected chi connectivity index (χ1v) is 8.57. The van der Waals surface area contributed by atoms with E-state index in [0.29, 0.717) is 17.1 Å². The minimum atomic E-state index is -4.15. The standard InChI is InChI=1S/C15H17N3O6S/c1-23-12-4-6-14(24-2)10(7-12)9-17-13-5-3-11(18(19)20)8-15(13)25(16,21)22/h3-8,17H,9H2,1-2H3,(H2,16,21,22). The molecule has 134 valence electrons. The average Bonchev–Trinajstić information content (AvgIpc) is 2.58. The molecule has 2 rings (SSSR count). The molecule has 0 unspecified atom stereocenters. The number of nitro benzene ring substituents is 1. The van der Waals surface area contributed by atoms with Crippen LogP contribution >= 0.6 is 0 Å². The second-order valence-corrected chi connectivity index (χ2v) is 6.54. The normalized spacial score (nSPS) is 11.0. The van der Waals surface area contributed by atoms with Crippen LogP contribution in [-0.2, 0) is 16.6 Å². The molecule has 0 atom stereocenters. The van der Waals surface area contributed by atoms with Crippen molar-refractivity contribution < 1.29 is 22.8 Å². The summed E-state index contributed by atoms with van der Waals surface area (Å²) in [5.74, 6) is 1.18. The number of methoxy groups -OCH3 is 2. The van der Waals surface area contributed by atoms with Crippen molar-refractivity contribution in [2.45, 2.75) is 11.4 Å². The molecule has 2 aromatic carbocycles. The molecule has 0 aliphatic heterocycles. The number of benzene rings is 2. The Morgan fingerprint density at radius 2 is 1.88 bits per heavy atom. The maximum absolute atomic E-state index is 11.7. The smallest absolute Gasteiger partial charge is 0.270 e. The van der Waals surface area contributed by atoms with Crippen LogP contribution in [0.1, 0.15) is 5.56 Å². The molecule has 0 aliphatic carbocycles. The summed E-state index contributed by atoms with van der Waals surface area (Å²) in [5, 5.41) is 18.9. The van der Waals surface area contributed by atoms with Gasteiger partial charge in [0.15, 0.2) is 0 Å². The predicted octanol–water partition coefficient (Wildman–Crippen LogP) is 1.87. The lowest BCUT2D eigenvalue weighted by Crippen LogP contribution is -2.15. The molecule has 0 heterocycles. The molecule has 3 N–H and O–H groups in total. The molecule has 0 saturated carbocycles. The van der Waals surface area contributed by atoms with Crippen LogP contribution in [0, 0.1) is 10.1 Å². The number of anilines is 1. The maximum Gasteiger partial charge on any atom is 0.270 e. The minimum Gasteiger partial charge on any atom is -0.497 e. The van der Waals surface area contributed by atoms with E-state index in [2.05, 4.69) is 5.32 Å². The highest BCUT2D eigenvalue weighted by molar-refractivity contribution is 7.89. The van der Waals surface area contributed by atoms with Crippen molar-refractivity contribution in [2.75, 3.05) is 19.5 Å². The van der Waals surface area contributed by atoms with Crippen molar-refractivity contribution in [3.63, 3.8) is 0 Å². The highest BCUT2D eigenvalue weighted by Crippen LogP contribution is 2.28. The van der Waals surface area contributed by atoms with Gasteiger partial charge in [0.1, 0.15) is 16.4 Å². The molecular formula is C15H17N3O6S. The first-order chi connectivity index (χ1) is 11.8. The number of sulfonamides is 1. The van der Waals surface area contributed by atoms with Gasteiger partial charge in [0.25, 0.3) is 5.69 Å². The number of hydrogen-bond acceptors (Lipinski definition) is 7. The van der Waals surface area contributed by atoms with Crippen molar-refractivity contribution in [1.29, 1.82) is 0 Å². The number of rotatable bonds is 7. The molecule has 10 heteroatoms. The van der Waals surface area contributed by atoms with Crippen LogP contribution in [0.15, 0.2) is 41.3 Å². The topological polar surface area (TPSA) is 134 Å². The lowest BCUT2D eigenvalue weighted by molar-refractivity contribution is -0.385. The molecule has 2 aromatic rings. The van der Waals surface area contributed by atoms with E-state index in [1.54, 1.807) is 18.2 Å². The number of hydrogen-bond donors (Lipinski definition) is 2. The number of non-ortho nitro benzene ring substituents is 1. The van der Waals surface area contributed by atoms with Crippen molar-refractivity contribution >= 4 is 21.4 Å². The van der Waals surface area contributed by atoms with Crippen LogP contribution in [0.2, 0.25) is 0 Å². The van der Waals surface area contributed by atoms with E-state index >= 15 is 0 Å². The average molecular weight is 367 g/mol. The Hall–Kier alpha value is -2.85. The first kappa shape index (κ1) is 18.5. The maximum atomic E-state index is 11.7. The third-order valence-electron chi connectivity index (χ3n) is 3.44. The van der Waals surface area contributed by atoms with E-state index in [0.717, 1.165) is 6.07 Å². The molecule has 0 fully saturated rings. The molecule has 0 amide bonds. The van der Waals surface area contributed by atoms with Gasteiger partial charge in [0.2, 0.25) is 10.0 Å². The number of nitrogens with two attached hydrogens (primary N) is 1. The highest BCUT2D eigenvalue weighted by atomic mass is 32.2. The van der Waals surface area contributed by atoms with Gasteiger partial charge in [-0.05, 0) is 24.3 Å². The molecule has 0 spiro atoms. The first-order valence-electron chi connectivity index (χ1n) is 7.02. The molecule has 0 saturated heterocycles. The monoisotopic (exact) mass is 367 g/mol. The lowest BCUT2D eigenvalue weighted by Gasteiger charge is -2.14. The van der Waals surface area contributed by atoms with E-state index in [1.807, 2.05) is 0 Å². The van der Waals surface area contributed by atoms with Crippen LogP contribution in [0.25, 0.3) is 0 Å². The Kier molecular flexibility index (Phi) is 5.45. The van der Waals surface area contributed by atoms with Crippen LogP contribution in [-0.4, -0.2) is 27.6 Å². The third-order valence-corrected chi connectivity index (χ3v) is 4.39. The number of nitrogens with one attached hydrogen (secondary N) is 1. The Morgan fingerprint density at radius 3 is 2.44 bits per heavy atom. The number of primary sulfonamides is 1. The van der Waals surface area contributed by atoms with E-state index in [4.69, 9.17) is 14.6 Å². The van der Waals surface area contributed by atoms with Gasteiger partial charge in [0, 0.05) is 24.2 Å². The summed E-state index contributed by atoms with van der Waals surface area (Å²) in [6.07, 6.45) is 0. The fourth-order valence-corrected chi connectivity index (χ4v) is 2.95. The van der Waals surface area contributed by atoms with Crippen LogP contribution in [0.5, 0.6) is 11.5 Å². The molecule has 9 nitrogen and oxygen atoms in total. The molecule has 0 aliphatic rings. The van der Waals surface area contributed by atoms with Gasteiger partial charge in [-0.15, -0.1) is 0 Å². The summed E-state index contributed by atoms with van der Waals surface area (Å²) in [7, 11) is -1.12. The summed E-state index contributed by atoms with van der Waals surface area (Å²) in [5.41, 5.74) is 0.493. The van der Waals surface area contributed by atoms with E-state index in [1.165, 1.54) is 26.4 Å². The van der Waals surface area contributed by atoms with Crippen molar-refractivity contribution in [1.82, 2.24) is 0 Å². The Bertz CT molecular complexity index is 898. The zero-order valence-electron chi connectivity index (χ0n) is 13.6. The van der Waals surface area contributed by atoms with Gasteiger partial charge in [-0.25, -0.2) is 13.6 Å². The van der Waals surface area contributed by atoms with E-state index < -0.39 is 14.9 Å². The van der Waals surface area contributed by atoms with Crippen LogP contribution < -0.4 is 19.9 Å². The van der Waals surface area contributed by atoms with Gasteiger partial charge in [-0.3, -0.25) is 10.1 Å². The van der Waals surface area contributed by atoms with E-state index in [-0.39, 0.29) is 22.8 Å². The Balaban J connectivity index is 2.37. The summed E-state index contributed by atoms with van der Waals surface area (Å²) >= 11 is 0. The van der Waals surface area contributed by atoms with Gasteiger partial charge in [-0.1, -0.05) is 0 Å². The molecule has 0 radical (unpaired) electrons. The van der Waals surface area contributed by atoms with Gasteiger partial charge >= 0.3 is 0 Å². The summed E-state index contributed by atoms with van der Waals surface area (Å²) in [4.78, 5) is 9.80. The largest absolute Gasteiger partial charge is 0.497 e. The lowest BCUT2D eigenvalue weighted by atomic mass is 10.1. The Labute approximate surface area is 144 Å². The van der Waals surface area contributed by atoms with Gasteiger partial charge in [-0.2, -0.15) is 0 Å². The minimum absolute atomic E-state index is 0.151. The Morgan fingerprint density at radius 1 is 1.16 bits per heavy atom. The summed E-state index contributed by atoms with van der Waals surface area (Å²) < 4.78 is 33.9. The van der Waals surface area contributed by atoms with E-state index in [9.17, 15) is 18.5 Å². The number of nitro groups is 1. The highest BCUT2D eigenvalue weighted by Gasteiger charge is 2.19. The number of ether oxygens (including phenoxy) is 2. The second-order valence-electron chi connectivity index (χ2n) is 5.01. The van der Waals surface area contributed by atoms with Gasteiger partial charge < -0.3 is 14.8 Å². The molecule has 25 heavy (non-hydrogen) atoms. The zero-order valence-corrected chi connectivity index (χ0v) is 14.4. The fourth-order valence-electron chi connectivity index (χ4n) is 2.22. The number of nitrogens with zero attached hydrogens (tertiary/aromatic N) is 1. The van der Waals surface area contributed by atoms with Crippen LogP contribution in [0.4, 0.5) is 11.4 Å². The SMILES string of the molecule is COc1ccc(OC)c(CNc2ccc([N+](=O)[O-])cc2S(N)(=O)=O)c1. The molecule has 0 aromatic heterocycles. The van der Waals surface area contributed by atoms with Gasteiger partial charge in [0.05, 0.1) is 24.8 Å². The quantitative estimate of drug-likeness (QED) is 0.563. The third kappa shape index (κ3) is 4.37. The molecular weight excluding hydrogens is 350 g/mol. The second kappa shape index (κ2) is 7.36. The van der Waals surface area contributed by atoms with Crippen molar-refractivity contribution in [3.05, 3.63) is 52.1 Å². The molecule has 0 bridgehead atoms. The van der Waals surface area contributed by atoms with Crippen LogP contribution in [0.3, 0.4) is 0 Å².